The molecule has 1 saturated heterocycles. The molecule has 3 heterocycles. The van der Waals surface area contributed by atoms with E-state index in [2.05, 4.69) is 4.98 Å². The van der Waals surface area contributed by atoms with Crippen LogP contribution in [0.3, 0.4) is 0 Å². The predicted molar refractivity (Wildman–Crippen MR) is 124 cm³/mol. The van der Waals surface area contributed by atoms with E-state index in [4.69, 9.17) is 0 Å². The van der Waals surface area contributed by atoms with Gasteiger partial charge in [0.2, 0.25) is 11.8 Å². The van der Waals surface area contributed by atoms with Crippen LogP contribution in [0.15, 0.2) is 64.4 Å². The molecule has 2 aliphatic heterocycles. The van der Waals surface area contributed by atoms with Crippen molar-refractivity contribution in [1.29, 1.82) is 0 Å². The number of nitrogens with one attached hydrogen (secondary N) is 1. The van der Waals surface area contributed by atoms with Crippen LogP contribution >= 0.6 is 23.1 Å². The molecular weight excluding hydrogens is 459 g/mol. The van der Waals surface area contributed by atoms with Crippen molar-refractivity contribution in [1.82, 2.24) is 4.98 Å². The Hall–Kier alpha value is -2.71. The molecule has 0 radical (unpaired) electrons. The van der Waals surface area contributed by atoms with E-state index in [1.807, 2.05) is 30.3 Å². The smallest absolute Gasteiger partial charge is 0.305 e. The molecule has 4 aliphatic rings. The summed E-state index contributed by atoms with van der Waals surface area (Å²) >= 11 is 2.87. The second kappa shape index (κ2) is 6.90. The molecule has 2 amide bonds. The molecule has 0 unspecified atom stereocenters. The Balaban J connectivity index is 1.34. The summed E-state index contributed by atoms with van der Waals surface area (Å²) < 4.78 is 13.7. The Bertz CT molecular complexity index is 1350. The number of halogens is 1. The lowest BCUT2D eigenvalue weighted by Gasteiger charge is -2.43. The number of nitrogens with zero attached hydrogens (tertiary/aromatic N) is 1. The minimum Gasteiger partial charge on any atom is -0.307 e. The number of carbonyl (C=O) groups is 2. The highest BCUT2D eigenvalue weighted by atomic mass is 32.2. The van der Waals surface area contributed by atoms with Gasteiger partial charge < -0.3 is 4.98 Å². The van der Waals surface area contributed by atoms with E-state index in [0.29, 0.717) is 5.69 Å². The second-order valence-corrected chi connectivity index (χ2v) is 11.6. The van der Waals surface area contributed by atoms with E-state index in [0.717, 1.165) is 21.9 Å². The summed E-state index contributed by atoms with van der Waals surface area (Å²) in [4.78, 5) is 44.6. The number of fused-ring (bicyclic) bond motifs is 9. The van der Waals surface area contributed by atoms with E-state index in [-0.39, 0.29) is 63.3 Å². The first-order chi connectivity index (χ1) is 16.0. The molecule has 5 nitrogen and oxygen atoms in total. The fourth-order valence-electron chi connectivity index (χ4n) is 6.89. The second-order valence-electron chi connectivity index (χ2n) is 9.36. The highest BCUT2D eigenvalue weighted by Gasteiger charge is 2.69. The lowest BCUT2D eigenvalue weighted by Crippen LogP contribution is -2.42. The van der Waals surface area contributed by atoms with Crippen LogP contribution in [0.1, 0.15) is 22.8 Å². The minimum atomic E-state index is -0.329. The molecule has 2 saturated carbocycles. The number of thiazole rings is 1. The molecule has 1 aromatic heterocycles. The number of hydrogen-bond donors (Lipinski definition) is 1. The first kappa shape index (κ1) is 19.7. The third kappa shape index (κ3) is 2.62. The van der Waals surface area contributed by atoms with Crippen LogP contribution in [0.25, 0.3) is 0 Å². The molecule has 7 rings (SSSR count). The number of benzene rings is 2. The fourth-order valence-corrected chi connectivity index (χ4v) is 9.78. The summed E-state index contributed by atoms with van der Waals surface area (Å²) in [6.45, 7) is 0. The first-order valence-corrected chi connectivity index (χ1v) is 12.8. The summed E-state index contributed by atoms with van der Waals surface area (Å²) in [5.41, 5.74) is 1.60. The number of para-hydroxylation sites is 1. The number of anilines is 1. The third-order valence-corrected chi connectivity index (χ3v) is 10.6. The maximum Gasteiger partial charge on any atom is 0.305 e. The summed E-state index contributed by atoms with van der Waals surface area (Å²) in [7, 11) is 0. The number of amides is 2. The van der Waals surface area contributed by atoms with Crippen molar-refractivity contribution < 1.29 is 14.0 Å². The standard InChI is InChI=1S/C25H19FN2O3S2/c26-12-8-6-11(7-9-12)16-17-14-10-15(20(17)32-22-21(16)33-25(31)27-22)19-18(14)23(29)28(24(19)30)13-4-2-1-3-5-13/h1-9,14-20H,10H2,(H,27,31)/t14-,15-,16-,17-,18+,19-,20-/m1/s1. The van der Waals surface area contributed by atoms with Crippen LogP contribution in [-0.4, -0.2) is 22.0 Å². The summed E-state index contributed by atoms with van der Waals surface area (Å²) in [5, 5.41) is 0.998. The first-order valence-electron chi connectivity index (χ1n) is 11.1. The molecule has 166 valence electrons. The lowest BCUT2D eigenvalue weighted by atomic mass is 9.68. The zero-order chi connectivity index (χ0) is 22.4. The quantitative estimate of drug-likeness (QED) is 0.559. The fraction of sp³-hybridized carbons (Fsp3) is 0.320. The zero-order valence-corrected chi connectivity index (χ0v) is 18.9. The Kier molecular flexibility index (Phi) is 4.13. The van der Waals surface area contributed by atoms with Gasteiger partial charge in [0.1, 0.15) is 5.82 Å². The molecule has 2 aromatic carbocycles. The topological polar surface area (TPSA) is 70.2 Å². The summed E-state index contributed by atoms with van der Waals surface area (Å²) in [6, 6.07) is 15.7. The molecule has 7 atom stereocenters. The van der Waals surface area contributed by atoms with Crippen LogP contribution in [0, 0.1) is 35.4 Å². The van der Waals surface area contributed by atoms with Crippen LogP contribution in [0.5, 0.6) is 0 Å². The number of thioether (sulfide) groups is 1. The van der Waals surface area contributed by atoms with E-state index < -0.39 is 0 Å². The van der Waals surface area contributed by atoms with E-state index >= 15 is 0 Å². The Morgan fingerprint density at radius 1 is 0.909 bits per heavy atom. The molecule has 2 bridgehead atoms. The molecule has 8 heteroatoms. The molecule has 3 fully saturated rings. The molecule has 0 spiro atoms. The van der Waals surface area contributed by atoms with Crippen molar-refractivity contribution in [2.45, 2.75) is 22.6 Å². The summed E-state index contributed by atoms with van der Waals surface area (Å²) in [6.07, 6.45) is 0.842. The molecule has 1 N–H and O–H groups in total. The van der Waals surface area contributed by atoms with Crippen LogP contribution in [0.4, 0.5) is 10.1 Å². The van der Waals surface area contributed by atoms with Crippen molar-refractivity contribution >= 4 is 40.6 Å². The van der Waals surface area contributed by atoms with Crippen molar-refractivity contribution in [3.8, 4) is 0 Å². The average molecular weight is 479 g/mol. The van der Waals surface area contributed by atoms with Gasteiger partial charge in [-0.2, -0.15) is 0 Å². The highest BCUT2D eigenvalue weighted by Crippen LogP contribution is 2.68. The van der Waals surface area contributed by atoms with Gasteiger partial charge in [0.25, 0.3) is 0 Å². The number of aromatic nitrogens is 1. The molecule has 3 aromatic rings. The van der Waals surface area contributed by atoms with Crippen LogP contribution < -0.4 is 9.77 Å². The Labute approximate surface area is 197 Å². The monoisotopic (exact) mass is 478 g/mol. The number of hydrogen-bond acceptors (Lipinski definition) is 5. The molecule has 33 heavy (non-hydrogen) atoms. The zero-order valence-electron chi connectivity index (χ0n) is 17.3. The number of carbonyl (C=O) groups excluding carboxylic acids is 2. The number of H-pyrrole nitrogens is 1. The number of rotatable bonds is 2. The van der Waals surface area contributed by atoms with Gasteiger partial charge in [-0.05, 0) is 54.0 Å². The van der Waals surface area contributed by atoms with Gasteiger partial charge in [0, 0.05) is 16.0 Å². The largest absolute Gasteiger partial charge is 0.307 e. The van der Waals surface area contributed by atoms with Gasteiger partial charge in [-0.1, -0.05) is 41.7 Å². The van der Waals surface area contributed by atoms with Crippen molar-refractivity contribution in [3.05, 3.63) is 80.5 Å². The third-order valence-electron chi connectivity index (χ3n) is 7.97. The molecule has 2 aliphatic carbocycles. The maximum atomic E-state index is 13.7. The minimum absolute atomic E-state index is 0.0584. The van der Waals surface area contributed by atoms with Gasteiger partial charge in [-0.25, -0.2) is 4.39 Å². The van der Waals surface area contributed by atoms with Gasteiger partial charge in [0.05, 0.1) is 22.5 Å². The van der Waals surface area contributed by atoms with Gasteiger partial charge >= 0.3 is 4.87 Å². The SMILES string of the molecule is O=C1[C@@H]2[C@H]3C[C@@H]([C@@H]2C(=O)N1c1ccccc1)[C@@H]1[C@@H](c2ccc(F)cc2)c2sc(=O)[nH]c2S[C@H]31. The number of imide groups is 1. The van der Waals surface area contributed by atoms with Crippen LogP contribution in [-0.2, 0) is 9.59 Å². The highest BCUT2D eigenvalue weighted by molar-refractivity contribution is 8.00. The predicted octanol–water partition coefficient (Wildman–Crippen LogP) is 4.25. The average Bonchev–Trinajstić information content (AvgIpc) is 3.54. The Morgan fingerprint density at radius 3 is 2.33 bits per heavy atom. The van der Waals surface area contributed by atoms with Gasteiger partial charge in [-0.3, -0.25) is 19.3 Å². The Morgan fingerprint density at radius 2 is 1.61 bits per heavy atom. The van der Waals surface area contributed by atoms with Crippen LogP contribution in [0.2, 0.25) is 0 Å². The normalized spacial score (nSPS) is 33.8. The van der Waals surface area contributed by atoms with E-state index in [1.54, 1.807) is 23.9 Å². The van der Waals surface area contributed by atoms with Crippen molar-refractivity contribution in [2.75, 3.05) is 4.90 Å². The maximum absolute atomic E-state index is 13.7. The van der Waals surface area contributed by atoms with Gasteiger partial charge in [-0.15, -0.1) is 11.8 Å². The van der Waals surface area contributed by atoms with E-state index in [9.17, 15) is 18.8 Å². The van der Waals surface area contributed by atoms with Crippen molar-refractivity contribution in [2.24, 2.45) is 29.6 Å². The number of aromatic amines is 1. The molecular formula is C25H19FN2O3S2. The van der Waals surface area contributed by atoms with Gasteiger partial charge in [0.15, 0.2) is 0 Å². The van der Waals surface area contributed by atoms with E-state index in [1.165, 1.54) is 28.4 Å². The lowest BCUT2D eigenvalue weighted by molar-refractivity contribution is -0.123. The summed E-state index contributed by atoms with van der Waals surface area (Å²) in [5.74, 6) is -0.946. The van der Waals surface area contributed by atoms with Crippen molar-refractivity contribution in [3.63, 3.8) is 0 Å².